The van der Waals surface area contributed by atoms with Crippen LogP contribution >= 0.6 is 0 Å². The third kappa shape index (κ3) is 2.32. The lowest BCUT2D eigenvalue weighted by Gasteiger charge is -2.18. The average Bonchev–Trinajstić information content (AvgIpc) is 2.14. The fraction of sp³-hybridized carbons (Fsp3) is 0.400. The standard InChI is InChI=1S/C10H12N2O5/c1-10(2,3)8-6(11(14)15)4-5-7(13)9(8)12(16)17/h4-5,13H,1-3H3. The molecule has 0 fully saturated rings. The van der Waals surface area contributed by atoms with Crippen molar-refractivity contribution in [2.45, 2.75) is 26.2 Å². The van der Waals surface area contributed by atoms with Crippen LogP contribution in [0.2, 0.25) is 0 Å². The van der Waals surface area contributed by atoms with E-state index in [1.54, 1.807) is 20.8 Å². The third-order valence-electron chi connectivity index (χ3n) is 2.26. The summed E-state index contributed by atoms with van der Waals surface area (Å²) in [6.07, 6.45) is 0. The van der Waals surface area contributed by atoms with Crippen LogP contribution in [-0.2, 0) is 5.41 Å². The molecule has 1 aromatic rings. The zero-order valence-electron chi connectivity index (χ0n) is 9.63. The lowest BCUT2D eigenvalue weighted by molar-refractivity contribution is -0.396. The molecule has 92 valence electrons. The van der Waals surface area contributed by atoms with Crippen molar-refractivity contribution in [3.63, 3.8) is 0 Å². The minimum atomic E-state index is -0.816. The van der Waals surface area contributed by atoms with Crippen LogP contribution in [0.1, 0.15) is 26.3 Å². The second-order valence-corrected chi connectivity index (χ2v) is 4.59. The van der Waals surface area contributed by atoms with Crippen molar-refractivity contribution < 1.29 is 15.0 Å². The Kier molecular flexibility index (Phi) is 3.03. The zero-order chi connectivity index (χ0) is 13.4. The number of aromatic hydroxyl groups is 1. The van der Waals surface area contributed by atoms with Gasteiger partial charge in [-0.05, 0) is 6.07 Å². The molecule has 7 nitrogen and oxygen atoms in total. The lowest BCUT2D eigenvalue weighted by atomic mass is 9.84. The zero-order valence-corrected chi connectivity index (χ0v) is 9.63. The SMILES string of the molecule is CC(C)(C)c1c([N+](=O)[O-])ccc(O)c1[N+](=O)[O-]. The van der Waals surface area contributed by atoms with Crippen molar-refractivity contribution in [2.75, 3.05) is 0 Å². The number of phenols is 1. The summed E-state index contributed by atoms with van der Waals surface area (Å²) in [7, 11) is 0. The summed E-state index contributed by atoms with van der Waals surface area (Å²) in [5, 5.41) is 31.2. The molecule has 0 amide bonds. The molecule has 0 aromatic heterocycles. The number of nitrogens with zero attached hydrogens (tertiary/aromatic N) is 2. The summed E-state index contributed by atoms with van der Waals surface area (Å²) in [4.78, 5) is 20.3. The first kappa shape index (κ1) is 12.9. The van der Waals surface area contributed by atoms with Crippen LogP contribution in [0.25, 0.3) is 0 Å². The van der Waals surface area contributed by atoms with E-state index in [4.69, 9.17) is 0 Å². The molecule has 1 aromatic carbocycles. The highest BCUT2D eigenvalue weighted by Crippen LogP contribution is 2.43. The number of hydrogen-bond donors (Lipinski definition) is 1. The molecule has 0 atom stereocenters. The van der Waals surface area contributed by atoms with Gasteiger partial charge in [-0.25, -0.2) is 0 Å². The van der Waals surface area contributed by atoms with Crippen LogP contribution in [0.15, 0.2) is 12.1 Å². The molecule has 0 aliphatic heterocycles. The smallest absolute Gasteiger partial charge is 0.321 e. The van der Waals surface area contributed by atoms with Crippen LogP contribution in [-0.4, -0.2) is 15.0 Å². The van der Waals surface area contributed by atoms with E-state index in [-0.39, 0.29) is 11.3 Å². The number of phenolic OH excluding ortho intramolecular Hbond substituents is 1. The van der Waals surface area contributed by atoms with Gasteiger partial charge in [-0.15, -0.1) is 0 Å². The molecule has 1 rings (SSSR count). The Morgan fingerprint density at radius 1 is 1.12 bits per heavy atom. The summed E-state index contributed by atoms with van der Waals surface area (Å²) in [6, 6.07) is 2.04. The quantitative estimate of drug-likeness (QED) is 0.631. The molecule has 0 heterocycles. The van der Waals surface area contributed by atoms with Crippen LogP contribution < -0.4 is 0 Å². The van der Waals surface area contributed by atoms with E-state index >= 15 is 0 Å². The molecular weight excluding hydrogens is 228 g/mol. The maximum Gasteiger partial charge on any atom is 0.321 e. The van der Waals surface area contributed by atoms with Gasteiger partial charge < -0.3 is 5.11 Å². The van der Waals surface area contributed by atoms with E-state index in [9.17, 15) is 25.3 Å². The second-order valence-electron chi connectivity index (χ2n) is 4.59. The predicted molar refractivity (Wildman–Crippen MR) is 60.1 cm³/mol. The van der Waals surface area contributed by atoms with E-state index in [0.717, 1.165) is 12.1 Å². The van der Waals surface area contributed by atoms with Gasteiger partial charge in [0, 0.05) is 11.5 Å². The van der Waals surface area contributed by atoms with Crippen LogP contribution in [0.5, 0.6) is 5.75 Å². The number of benzene rings is 1. The van der Waals surface area contributed by atoms with Gasteiger partial charge in [-0.3, -0.25) is 20.2 Å². The lowest BCUT2D eigenvalue weighted by Crippen LogP contribution is -2.16. The Hall–Kier alpha value is -2.18. The number of hydrogen-bond acceptors (Lipinski definition) is 5. The van der Waals surface area contributed by atoms with E-state index in [0.29, 0.717) is 0 Å². The Bertz CT molecular complexity index is 490. The molecule has 0 unspecified atom stereocenters. The molecule has 0 spiro atoms. The Morgan fingerprint density at radius 3 is 2.00 bits per heavy atom. The fourth-order valence-electron chi connectivity index (χ4n) is 1.65. The van der Waals surface area contributed by atoms with Gasteiger partial charge in [0.25, 0.3) is 5.69 Å². The van der Waals surface area contributed by atoms with E-state index in [1.807, 2.05) is 0 Å². The third-order valence-corrected chi connectivity index (χ3v) is 2.26. The molecule has 1 N–H and O–H groups in total. The normalized spacial score (nSPS) is 11.2. The Labute approximate surface area is 97.0 Å². The minimum Gasteiger partial charge on any atom is -0.502 e. The molecule has 0 radical (unpaired) electrons. The van der Waals surface area contributed by atoms with E-state index < -0.39 is 26.7 Å². The minimum absolute atomic E-state index is 0.0764. The number of nitro benzene ring substituents is 2. The summed E-state index contributed by atoms with van der Waals surface area (Å²) in [6.45, 7) is 4.84. The van der Waals surface area contributed by atoms with Gasteiger partial charge in [0.05, 0.1) is 9.85 Å². The maximum absolute atomic E-state index is 10.9. The molecule has 0 aliphatic carbocycles. The van der Waals surface area contributed by atoms with Gasteiger partial charge >= 0.3 is 5.69 Å². The largest absolute Gasteiger partial charge is 0.502 e. The monoisotopic (exact) mass is 240 g/mol. The first-order valence-electron chi connectivity index (χ1n) is 4.81. The summed E-state index contributed by atoms with van der Waals surface area (Å²) >= 11 is 0. The van der Waals surface area contributed by atoms with Gasteiger partial charge in [-0.1, -0.05) is 20.8 Å². The van der Waals surface area contributed by atoms with E-state index in [1.165, 1.54) is 0 Å². The topological polar surface area (TPSA) is 107 Å². The second kappa shape index (κ2) is 4.00. The molecule has 0 saturated carbocycles. The Morgan fingerprint density at radius 2 is 1.65 bits per heavy atom. The predicted octanol–water partition coefficient (Wildman–Crippen LogP) is 2.51. The summed E-state index contributed by atoms with van der Waals surface area (Å²) < 4.78 is 0. The van der Waals surface area contributed by atoms with Gasteiger partial charge in [0.15, 0.2) is 5.75 Å². The van der Waals surface area contributed by atoms with Crippen LogP contribution in [0.4, 0.5) is 11.4 Å². The average molecular weight is 240 g/mol. The van der Waals surface area contributed by atoms with Crippen molar-refractivity contribution in [1.82, 2.24) is 0 Å². The van der Waals surface area contributed by atoms with Crippen molar-refractivity contribution >= 4 is 11.4 Å². The number of rotatable bonds is 2. The van der Waals surface area contributed by atoms with Crippen molar-refractivity contribution in [1.29, 1.82) is 0 Å². The van der Waals surface area contributed by atoms with Gasteiger partial charge in [0.2, 0.25) is 0 Å². The highest BCUT2D eigenvalue weighted by Gasteiger charge is 2.36. The first-order valence-corrected chi connectivity index (χ1v) is 4.81. The first-order chi connectivity index (χ1) is 7.66. The van der Waals surface area contributed by atoms with Crippen LogP contribution in [0.3, 0.4) is 0 Å². The van der Waals surface area contributed by atoms with Crippen LogP contribution in [0, 0.1) is 20.2 Å². The Balaban J connectivity index is 3.75. The molecular formula is C10H12N2O5. The summed E-state index contributed by atoms with van der Waals surface area (Å²) in [5.41, 5.74) is -1.86. The van der Waals surface area contributed by atoms with Crippen molar-refractivity contribution in [3.8, 4) is 5.75 Å². The van der Waals surface area contributed by atoms with E-state index in [2.05, 4.69) is 0 Å². The highest BCUT2D eigenvalue weighted by atomic mass is 16.6. The molecule has 0 aliphatic rings. The molecule has 7 heteroatoms. The molecule has 17 heavy (non-hydrogen) atoms. The van der Waals surface area contributed by atoms with Gasteiger partial charge in [-0.2, -0.15) is 0 Å². The maximum atomic E-state index is 10.9. The van der Waals surface area contributed by atoms with Crippen molar-refractivity contribution in [2.24, 2.45) is 0 Å². The number of nitro groups is 2. The highest BCUT2D eigenvalue weighted by molar-refractivity contribution is 5.63. The van der Waals surface area contributed by atoms with Gasteiger partial charge in [0.1, 0.15) is 5.56 Å². The molecule has 0 saturated heterocycles. The molecule has 0 bridgehead atoms. The van der Waals surface area contributed by atoms with Crippen molar-refractivity contribution in [3.05, 3.63) is 37.9 Å². The fourth-order valence-corrected chi connectivity index (χ4v) is 1.65. The summed E-state index contributed by atoms with van der Waals surface area (Å²) in [5.74, 6) is -0.564.